The minimum Gasteiger partial charge on any atom is -0.339 e. The number of hydrogen-bond acceptors (Lipinski definition) is 2. The van der Waals surface area contributed by atoms with Crippen LogP contribution in [0.4, 0.5) is 0 Å². The molecule has 76 valence electrons. The van der Waals surface area contributed by atoms with Crippen LogP contribution in [0.25, 0.3) is 0 Å². The number of unbranched alkanes of at least 4 members (excludes halogenated alkanes) is 2. The first-order valence-corrected chi connectivity index (χ1v) is 5.15. The zero-order valence-electron chi connectivity index (χ0n) is 8.81. The van der Waals surface area contributed by atoms with Crippen molar-refractivity contribution >= 4 is 5.91 Å². The Bertz CT molecular complexity index is 189. The maximum Gasteiger partial charge on any atom is 0.241 e. The Hall–Kier alpha value is -0.570. The van der Waals surface area contributed by atoms with Crippen LogP contribution in [-0.2, 0) is 4.79 Å². The quantitative estimate of drug-likeness (QED) is 0.648. The highest BCUT2D eigenvalue weighted by Gasteiger charge is 2.37. The van der Waals surface area contributed by atoms with Crippen molar-refractivity contribution in [3.05, 3.63) is 0 Å². The van der Waals surface area contributed by atoms with Gasteiger partial charge in [0.05, 0.1) is 11.7 Å². The number of nitrogens with one attached hydrogen (secondary N) is 2. The lowest BCUT2D eigenvalue weighted by Crippen LogP contribution is -2.41. The fourth-order valence-electron chi connectivity index (χ4n) is 1.62. The van der Waals surface area contributed by atoms with Gasteiger partial charge in [0.1, 0.15) is 0 Å². The summed E-state index contributed by atoms with van der Waals surface area (Å²) in [5, 5.41) is 6.23. The maximum absolute atomic E-state index is 11.4. The molecule has 0 saturated carbocycles. The van der Waals surface area contributed by atoms with Crippen molar-refractivity contribution in [3.8, 4) is 0 Å². The molecule has 0 bridgehead atoms. The molecule has 0 radical (unpaired) electrons. The summed E-state index contributed by atoms with van der Waals surface area (Å²) in [6.45, 7) is 6.02. The van der Waals surface area contributed by atoms with E-state index in [1.54, 1.807) is 0 Å². The summed E-state index contributed by atoms with van der Waals surface area (Å²) < 4.78 is 0. The first-order valence-electron chi connectivity index (χ1n) is 5.15. The van der Waals surface area contributed by atoms with Gasteiger partial charge in [-0.2, -0.15) is 0 Å². The predicted molar refractivity (Wildman–Crippen MR) is 53.3 cm³/mol. The van der Waals surface area contributed by atoms with Crippen molar-refractivity contribution in [2.75, 3.05) is 0 Å². The van der Waals surface area contributed by atoms with E-state index in [2.05, 4.69) is 17.6 Å². The van der Waals surface area contributed by atoms with E-state index >= 15 is 0 Å². The molecule has 0 aromatic heterocycles. The predicted octanol–water partition coefficient (Wildman–Crippen LogP) is 1.39. The second-order valence-electron chi connectivity index (χ2n) is 4.29. The average molecular weight is 184 g/mol. The topological polar surface area (TPSA) is 41.1 Å². The molecule has 3 nitrogen and oxygen atoms in total. The van der Waals surface area contributed by atoms with Gasteiger partial charge in [-0.1, -0.05) is 26.2 Å². The Kier molecular flexibility index (Phi) is 3.31. The molecule has 0 aromatic carbocycles. The lowest BCUT2D eigenvalue weighted by atomic mass is 10.1. The van der Waals surface area contributed by atoms with Gasteiger partial charge < -0.3 is 5.32 Å². The van der Waals surface area contributed by atoms with E-state index in [9.17, 15) is 4.79 Å². The summed E-state index contributed by atoms with van der Waals surface area (Å²) in [5.74, 6) is 0.119. The Labute approximate surface area is 80.3 Å². The molecule has 1 aliphatic heterocycles. The van der Waals surface area contributed by atoms with Gasteiger partial charge in [0.15, 0.2) is 0 Å². The smallest absolute Gasteiger partial charge is 0.241 e. The van der Waals surface area contributed by atoms with E-state index in [-0.39, 0.29) is 17.6 Å². The first-order chi connectivity index (χ1) is 6.06. The Morgan fingerprint density at radius 1 is 1.38 bits per heavy atom. The Morgan fingerprint density at radius 3 is 2.54 bits per heavy atom. The monoisotopic (exact) mass is 184 g/mol. The fourth-order valence-corrected chi connectivity index (χ4v) is 1.62. The summed E-state index contributed by atoms with van der Waals surface area (Å²) in [6.07, 6.45) is 4.89. The average Bonchev–Trinajstić information content (AvgIpc) is 2.27. The van der Waals surface area contributed by atoms with Gasteiger partial charge in [0.25, 0.3) is 0 Å². The molecule has 3 heteroatoms. The summed E-state index contributed by atoms with van der Waals surface area (Å²) in [4.78, 5) is 11.4. The molecule has 1 saturated heterocycles. The number of hydrogen-bond donors (Lipinski definition) is 2. The lowest BCUT2D eigenvalue weighted by molar-refractivity contribution is -0.123. The number of amides is 1. The van der Waals surface area contributed by atoms with Crippen molar-refractivity contribution < 1.29 is 4.79 Å². The fraction of sp³-hybridized carbons (Fsp3) is 0.900. The van der Waals surface area contributed by atoms with Gasteiger partial charge in [0.2, 0.25) is 5.91 Å². The molecule has 2 N–H and O–H groups in total. The zero-order valence-corrected chi connectivity index (χ0v) is 8.81. The molecule has 0 spiro atoms. The van der Waals surface area contributed by atoms with Gasteiger partial charge in [-0.15, -0.1) is 0 Å². The minimum absolute atomic E-state index is 0.119. The van der Waals surface area contributed by atoms with E-state index in [4.69, 9.17) is 0 Å². The molecule has 13 heavy (non-hydrogen) atoms. The van der Waals surface area contributed by atoms with Crippen LogP contribution in [0.1, 0.15) is 46.5 Å². The van der Waals surface area contributed by atoms with Gasteiger partial charge in [0, 0.05) is 0 Å². The van der Waals surface area contributed by atoms with Gasteiger partial charge in [-0.3, -0.25) is 10.1 Å². The Morgan fingerprint density at radius 2 is 2.08 bits per heavy atom. The molecule has 1 atom stereocenters. The van der Waals surface area contributed by atoms with Crippen LogP contribution >= 0.6 is 0 Å². The highest BCUT2D eigenvalue weighted by Crippen LogP contribution is 2.13. The molecule has 1 amide bonds. The standard InChI is InChI=1S/C10H20N2O/c1-4-5-6-7-8-11-9(13)10(2,3)12-8/h8,12H,4-7H2,1-3H3,(H,11,13). The van der Waals surface area contributed by atoms with Gasteiger partial charge >= 0.3 is 0 Å². The third-order valence-corrected chi connectivity index (χ3v) is 2.50. The molecule has 1 aliphatic rings. The van der Waals surface area contributed by atoms with Crippen LogP contribution in [0.2, 0.25) is 0 Å². The molecular weight excluding hydrogens is 164 g/mol. The summed E-state index contributed by atoms with van der Waals surface area (Å²) in [7, 11) is 0. The van der Waals surface area contributed by atoms with Crippen LogP contribution in [0, 0.1) is 0 Å². The van der Waals surface area contributed by atoms with E-state index in [0.717, 1.165) is 6.42 Å². The molecule has 1 fully saturated rings. The minimum atomic E-state index is -0.378. The molecular formula is C10H20N2O. The second-order valence-corrected chi connectivity index (χ2v) is 4.29. The van der Waals surface area contributed by atoms with Crippen molar-refractivity contribution in [1.82, 2.24) is 10.6 Å². The SMILES string of the molecule is CCCCCC1NC(=O)C(C)(C)N1. The van der Waals surface area contributed by atoms with Crippen LogP contribution in [0.3, 0.4) is 0 Å². The van der Waals surface area contributed by atoms with E-state index in [1.165, 1.54) is 19.3 Å². The van der Waals surface area contributed by atoms with Crippen molar-refractivity contribution in [2.24, 2.45) is 0 Å². The highest BCUT2D eigenvalue weighted by atomic mass is 16.2. The van der Waals surface area contributed by atoms with E-state index in [1.807, 2.05) is 13.8 Å². The van der Waals surface area contributed by atoms with Crippen molar-refractivity contribution in [2.45, 2.75) is 58.2 Å². The lowest BCUT2D eigenvalue weighted by Gasteiger charge is -2.15. The summed E-state index contributed by atoms with van der Waals surface area (Å²) >= 11 is 0. The largest absolute Gasteiger partial charge is 0.339 e. The van der Waals surface area contributed by atoms with Crippen LogP contribution < -0.4 is 10.6 Å². The molecule has 1 rings (SSSR count). The van der Waals surface area contributed by atoms with E-state index in [0.29, 0.717) is 0 Å². The Balaban J connectivity index is 2.28. The van der Waals surface area contributed by atoms with Gasteiger partial charge in [-0.05, 0) is 20.3 Å². The second kappa shape index (κ2) is 4.09. The molecule has 0 aromatic rings. The highest BCUT2D eigenvalue weighted by molar-refractivity contribution is 5.87. The molecule has 0 aliphatic carbocycles. The van der Waals surface area contributed by atoms with Gasteiger partial charge in [-0.25, -0.2) is 0 Å². The van der Waals surface area contributed by atoms with Crippen LogP contribution in [0.5, 0.6) is 0 Å². The number of carbonyl (C=O) groups excluding carboxylic acids is 1. The summed E-state index contributed by atoms with van der Waals surface area (Å²) in [6, 6.07) is 0. The van der Waals surface area contributed by atoms with E-state index < -0.39 is 0 Å². The van der Waals surface area contributed by atoms with Crippen molar-refractivity contribution in [1.29, 1.82) is 0 Å². The first kappa shape index (κ1) is 10.5. The molecule has 1 unspecified atom stereocenters. The van der Waals surface area contributed by atoms with Crippen LogP contribution in [-0.4, -0.2) is 17.6 Å². The van der Waals surface area contributed by atoms with Crippen LogP contribution in [0.15, 0.2) is 0 Å². The number of carbonyl (C=O) groups is 1. The van der Waals surface area contributed by atoms with Crippen molar-refractivity contribution in [3.63, 3.8) is 0 Å². The third-order valence-electron chi connectivity index (χ3n) is 2.50. The maximum atomic E-state index is 11.4. The zero-order chi connectivity index (χ0) is 9.90. The summed E-state index contributed by atoms with van der Waals surface area (Å²) in [5.41, 5.74) is -0.378. The number of rotatable bonds is 4. The normalized spacial score (nSPS) is 26.1. The molecule has 1 heterocycles. The third kappa shape index (κ3) is 2.69.